The minimum atomic E-state index is -4.37. The maximum Gasteiger partial charge on any atom is 0.416 e. The lowest BCUT2D eigenvalue weighted by atomic mass is 10.1. The third-order valence-electron chi connectivity index (χ3n) is 4.67. The first-order valence-electron chi connectivity index (χ1n) is 8.81. The Hall–Kier alpha value is -2.54. The zero-order valence-electron chi connectivity index (χ0n) is 15.1. The monoisotopic (exact) mass is 377 g/mol. The van der Waals surface area contributed by atoms with Crippen molar-refractivity contribution in [3.8, 4) is 0 Å². The maximum absolute atomic E-state index is 12.6. The summed E-state index contributed by atoms with van der Waals surface area (Å²) in [6.45, 7) is 3.98. The number of hydrogen-bond donors (Lipinski definition) is 1. The highest BCUT2D eigenvalue weighted by molar-refractivity contribution is 5.92. The van der Waals surface area contributed by atoms with Crippen molar-refractivity contribution in [1.82, 2.24) is 4.90 Å². The number of rotatable bonds is 4. The van der Waals surface area contributed by atoms with E-state index in [9.17, 15) is 18.0 Å². The van der Waals surface area contributed by atoms with E-state index in [0.717, 1.165) is 44.0 Å². The number of anilines is 2. The van der Waals surface area contributed by atoms with Crippen LogP contribution in [0.15, 0.2) is 48.5 Å². The Kier molecular flexibility index (Phi) is 5.70. The van der Waals surface area contributed by atoms with Crippen molar-refractivity contribution in [3.05, 3.63) is 59.7 Å². The van der Waals surface area contributed by atoms with Crippen LogP contribution < -0.4 is 10.2 Å². The van der Waals surface area contributed by atoms with Crippen molar-refractivity contribution < 1.29 is 18.0 Å². The zero-order valence-corrected chi connectivity index (χ0v) is 15.1. The highest BCUT2D eigenvalue weighted by Gasteiger charge is 2.29. The molecular formula is C20H22F3N3O. The van der Waals surface area contributed by atoms with Crippen LogP contribution in [0.3, 0.4) is 0 Å². The van der Waals surface area contributed by atoms with Gasteiger partial charge >= 0.3 is 6.18 Å². The molecule has 27 heavy (non-hydrogen) atoms. The molecule has 1 heterocycles. The predicted molar refractivity (Wildman–Crippen MR) is 99.9 cm³/mol. The summed E-state index contributed by atoms with van der Waals surface area (Å²) in [5.41, 5.74) is 1.61. The number of amides is 1. The topological polar surface area (TPSA) is 35.6 Å². The van der Waals surface area contributed by atoms with Crippen LogP contribution in [0.4, 0.5) is 24.5 Å². The Balaban J connectivity index is 1.55. The van der Waals surface area contributed by atoms with E-state index in [1.54, 1.807) is 0 Å². The molecule has 0 aliphatic carbocycles. The van der Waals surface area contributed by atoms with Crippen molar-refractivity contribution in [2.24, 2.45) is 0 Å². The third-order valence-corrected chi connectivity index (χ3v) is 4.67. The molecule has 1 fully saturated rings. The summed E-state index contributed by atoms with van der Waals surface area (Å²) in [5.74, 6) is -0.262. The molecular weight excluding hydrogens is 355 g/mol. The second-order valence-corrected chi connectivity index (χ2v) is 6.76. The zero-order chi connectivity index (χ0) is 19.4. The lowest BCUT2D eigenvalue weighted by Gasteiger charge is -2.34. The molecule has 144 valence electrons. The number of nitrogens with zero attached hydrogens (tertiary/aromatic N) is 2. The predicted octanol–water partition coefficient (Wildman–Crippen LogP) is 3.64. The number of likely N-dealkylation sites (N-methyl/N-ethyl adjacent to an activating group) is 1. The number of alkyl halides is 3. The largest absolute Gasteiger partial charge is 0.416 e. The first kappa shape index (κ1) is 19.2. The second-order valence-electron chi connectivity index (χ2n) is 6.76. The second kappa shape index (κ2) is 8.00. The SMILES string of the molecule is CN1CCN(c2ccc(NC(=O)Cc3ccc(C(F)(F)F)cc3)cc2)CC1. The van der Waals surface area contributed by atoms with Gasteiger partial charge in [0.05, 0.1) is 12.0 Å². The number of benzene rings is 2. The van der Waals surface area contributed by atoms with Crippen LogP contribution >= 0.6 is 0 Å². The van der Waals surface area contributed by atoms with Crippen LogP contribution in [0.1, 0.15) is 11.1 Å². The first-order chi connectivity index (χ1) is 12.8. The molecule has 0 radical (unpaired) electrons. The van der Waals surface area contributed by atoms with E-state index in [4.69, 9.17) is 0 Å². The van der Waals surface area contributed by atoms with Crippen LogP contribution in [0, 0.1) is 0 Å². The number of nitrogens with one attached hydrogen (secondary N) is 1. The molecule has 0 atom stereocenters. The molecule has 0 spiro atoms. The van der Waals surface area contributed by atoms with Crippen molar-refractivity contribution in [2.75, 3.05) is 43.4 Å². The quantitative estimate of drug-likeness (QED) is 0.884. The molecule has 7 heteroatoms. The van der Waals surface area contributed by atoms with E-state index in [1.807, 2.05) is 24.3 Å². The van der Waals surface area contributed by atoms with Gasteiger partial charge in [0.2, 0.25) is 5.91 Å². The van der Waals surface area contributed by atoms with Crippen LogP contribution in [-0.2, 0) is 17.4 Å². The smallest absolute Gasteiger partial charge is 0.369 e. The summed E-state index contributed by atoms with van der Waals surface area (Å²) in [6.07, 6.45) is -4.34. The Morgan fingerprint density at radius 1 is 0.963 bits per heavy atom. The van der Waals surface area contributed by atoms with Crippen LogP contribution in [0.2, 0.25) is 0 Å². The number of hydrogen-bond acceptors (Lipinski definition) is 3. The van der Waals surface area contributed by atoms with E-state index in [-0.39, 0.29) is 12.3 Å². The van der Waals surface area contributed by atoms with Crippen LogP contribution in [-0.4, -0.2) is 44.0 Å². The minimum absolute atomic E-state index is 0.0261. The number of piperazine rings is 1. The van der Waals surface area contributed by atoms with E-state index in [0.29, 0.717) is 11.3 Å². The van der Waals surface area contributed by atoms with Crippen molar-refractivity contribution >= 4 is 17.3 Å². The molecule has 0 saturated carbocycles. The average molecular weight is 377 g/mol. The lowest BCUT2D eigenvalue weighted by molar-refractivity contribution is -0.137. The maximum atomic E-state index is 12.6. The summed E-state index contributed by atoms with van der Waals surface area (Å²) < 4.78 is 37.7. The minimum Gasteiger partial charge on any atom is -0.369 e. The van der Waals surface area contributed by atoms with Gasteiger partial charge in [0.15, 0.2) is 0 Å². The molecule has 1 N–H and O–H groups in total. The van der Waals surface area contributed by atoms with Gasteiger partial charge in [0.25, 0.3) is 0 Å². The highest BCUT2D eigenvalue weighted by atomic mass is 19.4. The summed E-state index contributed by atoms with van der Waals surface area (Å²) >= 11 is 0. The molecule has 3 rings (SSSR count). The molecule has 0 aromatic heterocycles. The van der Waals surface area contributed by atoms with Gasteiger partial charge in [-0.3, -0.25) is 4.79 Å². The Bertz CT molecular complexity index is 765. The summed E-state index contributed by atoms with van der Waals surface area (Å²) in [5, 5.41) is 2.78. The summed E-state index contributed by atoms with van der Waals surface area (Å²) in [6, 6.07) is 12.3. The van der Waals surface area contributed by atoms with Crippen molar-refractivity contribution in [3.63, 3.8) is 0 Å². The van der Waals surface area contributed by atoms with Crippen LogP contribution in [0.25, 0.3) is 0 Å². The van der Waals surface area contributed by atoms with Gasteiger partial charge in [-0.05, 0) is 49.0 Å². The molecule has 1 aliphatic rings. The van der Waals surface area contributed by atoms with E-state index in [2.05, 4.69) is 22.2 Å². The van der Waals surface area contributed by atoms with E-state index < -0.39 is 11.7 Å². The average Bonchev–Trinajstić information content (AvgIpc) is 2.63. The highest BCUT2D eigenvalue weighted by Crippen LogP contribution is 2.29. The summed E-state index contributed by atoms with van der Waals surface area (Å²) in [7, 11) is 2.10. The molecule has 1 amide bonds. The van der Waals surface area contributed by atoms with E-state index >= 15 is 0 Å². The van der Waals surface area contributed by atoms with Crippen LogP contribution in [0.5, 0.6) is 0 Å². The fourth-order valence-corrected chi connectivity index (χ4v) is 3.02. The summed E-state index contributed by atoms with van der Waals surface area (Å²) in [4.78, 5) is 16.7. The van der Waals surface area contributed by atoms with E-state index in [1.165, 1.54) is 12.1 Å². The molecule has 2 aromatic carbocycles. The molecule has 1 aliphatic heterocycles. The number of halogens is 3. The Morgan fingerprint density at radius 2 is 1.56 bits per heavy atom. The molecule has 1 saturated heterocycles. The van der Waals surface area contributed by atoms with Gasteiger partial charge in [-0.1, -0.05) is 12.1 Å². The fourth-order valence-electron chi connectivity index (χ4n) is 3.02. The molecule has 4 nitrogen and oxygen atoms in total. The lowest BCUT2D eigenvalue weighted by Crippen LogP contribution is -2.44. The first-order valence-corrected chi connectivity index (χ1v) is 8.81. The number of carbonyl (C=O) groups excluding carboxylic acids is 1. The third kappa shape index (κ3) is 5.23. The van der Waals surface area contributed by atoms with Gasteiger partial charge in [-0.25, -0.2) is 0 Å². The van der Waals surface area contributed by atoms with Gasteiger partial charge in [0, 0.05) is 37.6 Å². The Morgan fingerprint density at radius 3 is 2.11 bits per heavy atom. The van der Waals surface area contributed by atoms with Crippen molar-refractivity contribution in [1.29, 1.82) is 0 Å². The number of carbonyl (C=O) groups is 1. The molecule has 0 bridgehead atoms. The van der Waals surface area contributed by atoms with Gasteiger partial charge in [0.1, 0.15) is 0 Å². The van der Waals surface area contributed by atoms with Gasteiger partial charge in [-0.15, -0.1) is 0 Å². The van der Waals surface area contributed by atoms with Gasteiger partial charge in [-0.2, -0.15) is 13.2 Å². The molecule has 2 aromatic rings. The van der Waals surface area contributed by atoms with Gasteiger partial charge < -0.3 is 15.1 Å². The molecule has 0 unspecified atom stereocenters. The standard InChI is InChI=1S/C20H22F3N3O/c1-25-10-12-26(13-11-25)18-8-6-17(7-9-18)24-19(27)14-15-2-4-16(5-3-15)20(21,22)23/h2-9H,10-14H2,1H3,(H,24,27). The van der Waals surface area contributed by atoms with Crippen molar-refractivity contribution in [2.45, 2.75) is 12.6 Å². The fraction of sp³-hybridized carbons (Fsp3) is 0.350. The normalized spacial score (nSPS) is 15.6. The Labute approximate surface area is 156 Å².